The SMILES string of the molecule is CCOC(=O)C1CCC(c2ccc(-c3nsc(S(=O)(=O)c4ccc(C)cc4)n3)cc2)CC1. The van der Waals surface area contributed by atoms with Crippen molar-refractivity contribution < 1.29 is 17.9 Å². The first kappa shape index (κ1) is 22.6. The van der Waals surface area contributed by atoms with Crippen LogP contribution in [0.5, 0.6) is 0 Å². The molecule has 0 saturated heterocycles. The predicted octanol–water partition coefficient (Wildman–Crippen LogP) is 5.18. The van der Waals surface area contributed by atoms with Crippen LogP contribution in [0.15, 0.2) is 57.8 Å². The van der Waals surface area contributed by atoms with Gasteiger partial charge in [0.15, 0.2) is 5.82 Å². The van der Waals surface area contributed by atoms with Gasteiger partial charge in [0.1, 0.15) is 0 Å². The lowest BCUT2D eigenvalue weighted by Crippen LogP contribution is -2.23. The number of benzene rings is 2. The Labute approximate surface area is 192 Å². The average Bonchev–Trinajstić information content (AvgIpc) is 3.31. The van der Waals surface area contributed by atoms with Crippen LogP contribution < -0.4 is 0 Å². The number of aryl methyl sites for hydroxylation is 1. The Bertz CT molecular complexity index is 1180. The molecule has 2 aromatic carbocycles. The van der Waals surface area contributed by atoms with Crippen molar-refractivity contribution in [1.29, 1.82) is 0 Å². The van der Waals surface area contributed by atoms with Crippen molar-refractivity contribution in [2.45, 2.75) is 54.7 Å². The van der Waals surface area contributed by atoms with Gasteiger partial charge in [0, 0.05) is 5.56 Å². The van der Waals surface area contributed by atoms with Crippen LogP contribution >= 0.6 is 11.5 Å². The van der Waals surface area contributed by atoms with Crippen molar-refractivity contribution in [2.75, 3.05) is 6.61 Å². The van der Waals surface area contributed by atoms with Crippen LogP contribution in [0, 0.1) is 12.8 Å². The molecule has 6 nitrogen and oxygen atoms in total. The van der Waals surface area contributed by atoms with E-state index in [0.717, 1.165) is 48.3 Å². The van der Waals surface area contributed by atoms with Gasteiger partial charge in [0.2, 0.25) is 14.2 Å². The van der Waals surface area contributed by atoms with Gasteiger partial charge in [0.25, 0.3) is 0 Å². The van der Waals surface area contributed by atoms with Crippen LogP contribution in [-0.2, 0) is 19.4 Å². The molecule has 1 aliphatic carbocycles. The highest BCUT2D eigenvalue weighted by molar-refractivity contribution is 7.93. The molecule has 0 unspecified atom stereocenters. The van der Waals surface area contributed by atoms with E-state index in [0.29, 0.717) is 18.3 Å². The van der Waals surface area contributed by atoms with E-state index in [1.54, 1.807) is 24.3 Å². The summed E-state index contributed by atoms with van der Waals surface area (Å²) in [6, 6.07) is 14.7. The lowest BCUT2D eigenvalue weighted by molar-refractivity contribution is -0.149. The summed E-state index contributed by atoms with van der Waals surface area (Å²) in [4.78, 5) is 16.5. The van der Waals surface area contributed by atoms with Gasteiger partial charge in [-0.1, -0.05) is 42.0 Å². The maximum atomic E-state index is 12.8. The van der Waals surface area contributed by atoms with Crippen LogP contribution in [0.3, 0.4) is 0 Å². The highest BCUT2D eigenvalue weighted by Crippen LogP contribution is 2.37. The van der Waals surface area contributed by atoms with E-state index in [1.165, 1.54) is 5.56 Å². The second-order valence-electron chi connectivity index (χ2n) is 8.12. The minimum Gasteiger partial charge on any atom is -0.466 e. The van der Waals surface area contributed by atoms with Gasteiger partial charge >= 0.3 is 5.97 Å². The maximum Gasteiger partial charge on any atom is 0.308 e. The summed E-state index contributed by atoms with van der Waals surface area (Å²) in [5.41, 5.74) is 3.01. The number of nitrogens with zero attached hydrogens (tertiary/aromatic N) is 2. The van der Waals surface area contributed by atoms with Gasteiger partial charge in [-0.3, -0.25) is 4.79 Å². The Balaban J connectivity index is 1.45. The second-order valence-corrected chi connectivity index (χ2v) is 11.0. The van der Waals surface area contributed by atoms with Crippen LogP contribution in [0.1, 0.15) is 49.7 Å². The summed E-state index contributed by atoms with van der Waals surface area (Å²) in [6.07, 6.45) is 3.60. The Morgan fingerprint density at radius 2 is 1.69 bits per heavy atom. The fraction of sp³-hybridized carbons (Fsp3) is 0.375. The number of carbonyl (C=O) groups excluding carboxylic acids is 1. The molecule has 1 fully saturated rings. The van der Waals surface area contributed by atoms with E-state index in [-0.39, 0.29) is 21.1 Å². The molecule has 0 aliphatic heterocycles. The van der Waals surface area contributed by atoms with E-state index < -0.39 is 9.84 Å². The number of carbonyl (C=O) groups is 1. The van der Waals surface area contributed by atoms with E-state index >= 15 is 0 Å². The minimum absolute atomic E-state index is 0.00211. The number of ether oxygens (including phenoxy) is 1. The molecule has 0 N–H and O–H groups in total. The Morgan fingerprint density at radius 3 is 2.31 bits per heavy atom. The number of esters is 1. The van der Waals surface area contributed by atoms with Gasteiger partial charge < -0.3 is 4.74 Å². The summed E-state index contributed by atoms with van der Waals surface area (Å²) >= 11 is 0.897. The molecule has 1 saturated carbocycles. The van der Waals surface area contributed by atoms with Gasteiger partial charge in [0.05, 0.1) is 17.4 Å². The summed E-state index contributed by atoms with van der Waals surface area (Å²) in [5, 5.41) is 0. The first-order chi connectivity index (χ1) is 15.4. The zero-order valence-corrected chi connectivity index (χ0v) is 19.8. The van der Waals surface area contributed by atoms with E-state index in [9.17, 15) is 13.2 Å². The molecule has 1 aromatic heterocycles. The lowest BCUT2D eigenvalue weighted by atomic mass is 9.78. The number of sulfone groups is 1. The van der Waals surface area contributed by atoms with Crippen molar-refractivity contribution in [3.8, 4) is 11.4 Å². The van der Waals surface area contributed by atoms with Gasteiger partial charge in [-0.05, 0) is 74.7 Å². The molecule has 1 heterocycles. The summed E-state index contributed by atoms with van der Waals surface area (Å²) in [7, 11) is -3.68. The number of hydrogen-bond acceptors (Lipinski definition) is 7. The fourth-order valence-corrected chi connectivity index (χ4v) is 6.21. The Hall–Kier alpha value is -2.58. The normalized spacial score (nSPS) is 18.9. The molecule has 1 aliphatic rings. The summed E-state index contributed by atoms with van der Waals surface area (Å²) in [5.74, 6) is 0.764. The zero-order chi connectivity index (χ0) is 22.7. The third-order valence-corrected chi connectivity index (χ3v) is 8.79. The van der Waals surface area contributed by atoms with Crippen molar-refractivity contribution in [3.05, 3.63) is 59.7 Å². The topological polar surface area (TPSA) is 86.2 Å². The molecule has 0 amide bonds. The molecular weight excluding hydrogens is 444 g/mol. The molecule has 0 spiro atoms. The fourth-order valence-electron chi connectivity index (χ4n) is 4.08. The van der Waals surface area contributed by atoms with Crippen molar-refractivity contribution in [1.82, 2.24) is 9.36 Å². The quantitative estimate of drug-likeness (QED) is 0.461. The molecule has 0 bridgehead atoms. The minimum atomic E-state index is -3.68. The average molecular weight is 471 g/mol. The maximum absolute atomic E-state index is 12.8. The monoisotopic (exact) mass is 470 g/mol. The molecule has 32 heavy (non-hydrogen) atoms. The number of aromatic nitrogens is 2. The third kappa shape index (κ3) is 4.76. The zero-order valence-electron chi connectivity index (χ0n) is 18.2. The number of rotatable bonds is 6. The van der Waals surface area contributed by atoms with Crippen molar-refractivity contribution >= 4 is 27.3 Å². The largest absolute Gasteiger partial charge is 0.466 e. The second kappa shape index (κ2) is 9.50. The van der Waals surface area contributed by atoms with Crippen LogP contribution in [0.4, 0.5) is 0 Å². The molecule has 0 atom stereocenters. The van der Waals surface area contributed by atoms with Crippen molar-refractivity contribution in [3.63, 3.8) is 0 Å². The van der Waals surface area contributed by atoms with E-state index in [4.69, 9.17) is 4.74 Å². The van der Waals surface area contributed by atoms with Gasteiger partial charge in [-0.25, -0.2) is 13.4 Å². The molecule has 0 radical (unpaired) electrons. The Morgan fingerprint density at radius 1 is 1.03 bits per heavy atom. The standard InChI is InChI=1S/C24H26N2O4S2/c1-3-30-23(27)20-12-8-18(9-13-20)17-6-10-19(11-7-17)22-25-24(31-26-22)32(28,29)21-14-4-16(2)5-15-21/h4-7,10-11,14-15,18,20H,3,8-9,12-13H2,1-2H3. The molecule has 4 rings (SSSR count). The number of hydrogen-bond donors (Lipinski definition) is 0. The highest BCUT2D eigenvalue weighted by atomic mass is 32.2. The van der Waals surface area contributed by atoms with E-state index in [1.807, 2.05) is 26.0 Å². The first-order valence-electron chi connectivity index (χ1n) is 10.8. The molecular formula is C24H26N2O4S2. The first-order valence-corrected chi connectivity index (χ1v) is 13.1. The highest BCUT2D eigenvalue weighted by Gasteiger charge is 2.28. The van der Waals surface area contributed by atoms with Crippen LogP contribution in [0.2, 0.25) is 0 Å². The smallest absolute Gasteiger partial charge is 0.308 e. The lowest BCUT2D eigenvalue weighted by Gasteiger charge is -2.27. The van der Waals surface area contributed by atoms with Gasteiger partial charge in [-0.2, -0.15) is 4.37 Å². The van der Waals surface area contributed by atoms with Crippen molar-refractivity contribution in [2.24, 2.45) is 5.92 Å². The predicted molar refractivity (Wildman–Crippen MR) is 123 cm³/mol. The third-order valence-electron chi connectivity index (χ3n) is 5.96. The van der Waals surface area contributed by atoms with Crippen LogP contribution in [0.25, 0.3) is 11.4 Å². The molecule has 3 aromatic rings. The summed E-state index contributed by atoms with van der Waals surface area (Å²) < 4.78 is 35.1. The summed E-state index contributed by atoms with van der Waals surface area (Å²) in [6.45, 7) is 4.18. The van der Waals surface area contributed by atoms with Crippen LogP contribution in [-0.4, -0.2) is 30.4 Å². The Kier molecular flexibility index (Phi) is 6.71. The van der Waals surface area contributed by atoms with E-state index in [2.05, 4.69) is 21.5 Å². The van der Waals surface area contributed by atoms with Gasteiger partial charge in [-0.15, -0.1) is 0 Å². The molecule has 168 valence electrons. The molecule has 8 heteroatoms.